The molecule has 2 aromatic rings. The molecule has 136 valence electrons. The summed E-state index contributed by atoms with van der Waals surface area (Å²) < 4.78 is 6.83. The smallest absolute Gasteiger partial charge is 0.258 e. The van der Waals surface area contributed by atoms with Crippen LogP contribution in [0.25, 0.3) is 0 Å². The van der Waals surface area contributed by atoms with E-state index in [1.54, 1.807) is 43.4 Å². The monoisotopic (exact) mass is 417 g/mol. The fraction of sp³-hybridized carbons (Fsp3) is 0.316. The molecule has 1 aromatic heterocycles. The Morgan fingerprint density at radius 2 is 2.08 bits per heavy atom. The number of hydrogen-bond acceptors (Lipinski definition) is 4. The van der Waals surface area contributed by atoms with Crippen molar-refractivity contribution in [1.29, 1.82) is 0 Å². The van der Waals surface area contributed by atoms with Crippen LogP contribution < -0.4 is 4.74 Å². The molecule has 0 N–H and O–H groups in total. The number of ether oxygens (including phenoxy) is 1. The second kappa shape index (κ2) is 7.86. The van der Waals surface area contributed by atoms with Gasteiger partial charge in [0.2, 0.25) is 5.88 Å². The lowest BCUT2D eigenvalue weighted by atomic mass is 10.2. The number of carbonyl (C=O) groups excluding carboxylic acids is 2. The summed E-state index contributed by atoms with van der Waals surface area (Å²) in [6.07, 6.45) is 2.11. The molecule has 2 amide bonds. The third-order valence-electron chi connectivity index (χ3n) is 4.19. The highest BCUT2D eigenvalue weighted by Crippen LogP contribution is 2.23. The van der Waals surface area contributed by atoms with E-state index in [-0.39, 0.29) is 17.9 Å². The van der Waals surface area contributed by atoms with Crippen LogP contribution in [-0.4, -0.2) is 59.9 Å². The van der Waals surface area contributed by atoms with Crippen LogP contribution >= 0.6 is 15.9 Å². The molecule has 1 aliphatic rings. The summed E-state index contributed by atoms with van der Waals surface area (Å²) in [4.78, 5) is 32.4. The average Bonchev–Trinajstić information content (AvgIpc) is 3.09. The first kappa shape index (κ1) is 18.4. The highest BCUT2D eigenvalue weighted by molar-refractivity contribution is 9.10. The molecule has 1 saturated heterocycles. The third kappa shape index (κ3) is 4.04. The minimum Gasteiger partial charge on any atom is -0.472 e. The number of likely N-dealkylation sites (tertiary alicyclic amines) is 1. The molecule has 0 saturated carbocycles. The van der Waals surface area contributed by atoms with E-state index in [0.717, 1.165) is 4.47 Å². The SMILES string of the molecule is CN(C)C(=O)c1cccnc1OC1CCN(C(=O)c2cccc(Br)c2)C1. The zero-order valence-electron chi connectivity index (χ0n) is 14.7. The Morgan fingerprint density at radius 1 is 1.27 bits per heavy atom. The van der Waals surface area contributed by atoms with Crippen molar-refractivity contribution in [2.75, 3.05) is 27.2 Å². The van der Waals surface area contributed by atoms with Gasteiger partial charge in [0, 0.05) is 43.3 Å². The minimum atomic E-state index is -0.185. The molecule has 0 spiro atoms. The Morgan fingerprint density at radius 3 is 2.81 bits per heavy atom. The van der Waals surface area contributed by atoms with Gasteiger partial charge in [-0.15, -0.1) is 0 Å². The van der Waals surface area contributed by atoms with Crippen LogP contribution in [0.4, 0.5) is 0 Å². The Labute approximate surface area is 160 Å². The van der Waals surface area contributed by atoms with E-state index >= 15 is 0 Å². The first-order chi connectivity index (χ1) is 12.5. The van der Waals surface area contributed by atoms with Crippen molar-refractivity contribution >= 4 is 27.7 Å². The highest BCUT2D eigenvalue weighted by Gasteiger charge is 2.29. The van der Waals surface area contributed by atoms with E-state index in [2.05, 4.69) is 20.9 Å². The largest absolute Gasteiger partial charge is 0.472 e. The van der Waals surface area contributed by atoms with E-state index < -0.39 is 0 Å². The number of rotatable bonds is 4. The van der Waals surface area contributed by atoms with E-state index in [9.17, 15) is 9.59 Å². The third-order valence-corrected chi connectivity index (χ3v) is 4.68. The van der Waals surface area contributed by atoms with Gasteiger partial charge in [-0.25, -0.2) is 4.98 Å². The number of amides is 2. The van der Waals surface area contributed by atoms with E-state index in [0.29, 0.717) is 36.5 Å². The molecular formula is C19H20BrN3O3. The predicted octanol–water partition coefficient (Wildman–Crippen LogP) is 2.84. The maximum Gasteiger partial charge on any atom is 0.258 e. The Balaban J connectivity index is 1.69. The molecule has 26 heavy (non-hydrogen) atoms. The molecule has 0 bridgehead atoms. The number of nitrogens with zero attached hydrogens (tertiary/aromatic N) is 3. The summed E-state index contributed by atoms with van der Waals surface area (Å²) in [6, 6.07) is 10.7. The van der Waals surface area contributed by atoms with Crippen LogP contribution in [0.15, 0.2) is 47.1 Å². The van der Waals surface area contributed by atoms with Crippen LogP contribution in [0, 0.1) is 0 Å². The summed E-state index contributed by atoms with van der Waals surface area (Å²) in [7, 11) is 3.38. The number of halogens is 1. The van der Waals surface area contributed by atoms with Crippen LogP contribution in [0.3, 0.4) is 0 Å². The standard InChI is InChI=1S/C19H20BrN3O3/c1-22(2)19(25)16-7-4-9-21-17(16)26-15-8-10-23(12-15)18(24)13-5-3-6-14(20)11-13/h3-7,9,11,15H,8,10,12H2,1-2H3. The van der Waals surface area contributed by atoms with Gasteiger partial charge in [0.05, 0.1) is 6.54 Å². The zero-order valence-corrected chi connectivity index (χ0v) is 16.3. The van der Waals surface area contributed by atoms with Gasteiger partial charge >= 0.3 is 0 Å². The molecule has 3 rings (SSSR count). The normalized spacial score (nSPS) is 16.4. The van der Waals surface area contributed by atoms with Crippen molar-refractivity contribution in [2.24, 2.45) is 0 Å². The molecule has 0 radical (unpaired) electrons. The summed E-state index contributed by atoms with van der Waals surface area (Å²) in [5, 5.41) is 0. The fourth-order valence-electron chi connectivity index (χ4n) is 2.86. The first-order valence-electron chi connectivity index (χ1n) is 8.34. The van der Waals surface area contributed by atoms with Crippen LogP contribution in [0.1, 0.15) is 27.1 Å². The Bertz CT molecular complexity index is 825. The molecule has 1 fully saturated rings. The lowest BCUT2D eigenvalue weighted by Gasteiger charge is -2.19. The number of benzene rings is 1. The zero-order chi connectivity index (χ0) is 18.7. The van der Waals surface area contributed by atoms with Crippen molar-refractivity contribution in [3.05, 3.63) is 58.2 Å². The van der Waals surface area contributed by atoms with Crippen LogP contribution in [0.5, 0.6) is 5.88 Å². The number of hydrogen-bond donors (Lipinski definition) is 0. The Hall–Kier alpha value is -2.41. The van der Waals surface area contributed by atoms with Gasteiger partial charge in [-0.1, -0.05) is 22.0 Å². The lowest BCUT2D eigenvalue weighted by molar-refractivity contribution is 0.0763. The van der Waals surface area contributed by atoms with Crippen molar-refractivity contribution in [3.63, 3.8) is 0 Å². The molecule has 1 unspecified atom stereocenters. The molecule has 2 heterocycles. The van der Waals surface area contributed by atoms with E-state index in [1.165, 1.54) is 4.90 Å². The van der Waals surface area contributed by atoms with Gasteiger partial charge in [-0.3, -0.25) is 9.59 Å². The van der Waals surface area contributed by atoms with Crippen molar-refractivity contribution < 1.29 is 14.3 Å². The van der Waals surface area contributed by atoms with Gasteiger partial charge < -0.3 is 14.5 Å². The fourth-order valence-corrected chi connectivity index (χ4v) is 3.26. The minimum absolute atomic E-state index is 0.0250. The average molecular weight is 418 g/mol. The van der Waals surface area contributed by atoms with Gasteiger partial charge in [0.15, 0.2) is 0 Å². The lowest BCUT2D eigenvalue weighted by Crippen LogP contribution is -2.31. The van der Waals surface area contributed by atoms with Crippen molar-refractivity contribution in [2.45, 2.75) is 12.5 Å². The van der Waals surface area contributed by atoms with Gasteiger partial charge in [-0.2, -0.15) is 0 Å². The molecule has 1 aliphatic heterocycles. The van der Waals surface area contributed by atoms with E-state index in [4.69, 9.17) is 4.74 Å². The van der Waals surface area contributed by atoms with Crippen molar-refractivity contribution in [1.82, 2.24) is 14.8 Å². The topological polar surface area (TPSA) is 62.7 Å². The predicted molar refractivity (Wildman–Crippen MR) is 101 cm³/mol. The molecule has 6 nitrogen and oxygen atoms in total. The summed E-state index contributed by atoms with van der Waals surface area (Å²) in [5.41, 5.74) is 1.07. The molecule has 1 aromatic carbocycles. The maximum absolute atomic E-state index is 12.6. The molecular weight excluding hydrogens is 398 g/mol. The molecule has 1 atom stereocenters. The highest BCUT2D eigenvalue weighted by atomic mass is 79.9. The van der Waals surface area contributed by atoms with E-state index in [1.807, 2.05) is 18.2 Å². The van der Waals surface area contributed by atoms with Gasteiger partial charge in [-0.05, 0) is 30.3 Å². The van der Waals surface area contributed by atoms with Crippen LogP contribution in [-0.2, 0) is 0 Å². The summed E-state index contributed by atoms with van der Waals surface area (Å²) in [5.74, 6) is 0.129. The second-order valence-corrected chi connectivity index (χ2v) is 7.26. The molecule has 0 aliphatic carbocycles. The number of pyridine rings is 1. The molecule has 7 heteroatoms. The second-order valence-electron chi connectivity index (χ2n) is 6.35. The summed E-state index contributed by atoms with van der Waals surface area (Å²) in [6.45, 7) is 1.08. The first-order valence-corrected chi connectivity index (χ1v) is 9.13. The number of aromatic nitrogens is 1. The quantitative estimate of drug-likeness (QED) is 0.766. The number of carbonyl (C=O) groups is 2. The van der Waals surface area contributed by atoms with Crippen LogP contribution in [0.2, 0.25) is 0 Å². The van der Waals surface area contributed by atoms with Crippen molar-refractivity contribution in [3.8, 4) is 5.88 Å². The van der Waals surface area contributed by atoms with Gasteiger partial charge in [0.1, 0.15) is 11.7 Å². The Kier molecular flexibility index (Phi) is 5.56. The summed E-state index contributed by atoms with van der Waals surface area (Å²) >= 11 is 3.39. The maximum atomic E-state index is 12.6. The van der Waals surface area contributed by atoms with Gasteiger partial charge in [0.25, 0.3) is 11.8 Å².